The van der Waals surface area contributed by atoms with Crippen molar-refractivity contribution >= 4 is 6.34 Å². The lowest BCUT2D eigenvalue weighted by Gasteiger charge is -2.29. The third-order valence-corrected chi connectivity index (χ3v) is 3.69. The molecule has 0 aliphatic heterocycles. The summed E-state index contributed by atoms with van der Waals surface area (Å²) >= 11 is 0. The van der Waals surface area contributed by atoms with Crippen LogP contribution >= 0.6 is 0 Å². The highest BCUT2D eigenvalue weighted by atomic mass is 15.3. The van der Waals surface area contributed by atoms with Crippen molar-refractivity contribution in [2.45, 2.75) is 39.7 Å². The van der Waals surface area contributed by atoms with Gasteiger partial charge in [0.25, 0.3) is 0 Å². The first-order valence-electron chi connectivity index (χ1n) is 8.07. The van der Waals surface area contributed by atoms with Gasteiger partial charge in [0.05, 0.1) is 27.0 Å². The molecule has 0 saturated carbocycles. The van der Waals surface area contributed by atoms with Crippen LogP contribution in [0.4, 0.5) is 0 Å². The summed E-state index contributed by atoms with van der Waals surface area (Å²) in [6.07, 6.45) is 2.95. The van der Waals surface area contributed by atoms with E-state index in [9.17, 15) is 0 Å². The van der Waals surface area contributed by atoms with Gasteiger partial charge in [0, 0.05) is 25.1 Å². The summed E-state index contributed by atoms with van der Waals surface area (Å²) in [5, 5.41) is 3.10. The minimum atomic E-state index is 0.608. The molecule has 1 rings (SSSR count). The van der Waals surface area contributed by atoms with Gasteiger partial charge in [-0.25, -0.2) is 0 Å². The number of hydrogen-bond acceptors (Lipinski definition) is 1. The summed E-state index contributed by atoms with van der Waals surface area (Å²) in [5.74, 6) is 0.608. The van der Waals surface area contributed by atoms with Crippen molar-refractivity contribution < 1.29 is 4.48 Å². The maximum absolute atomic E-state index is 4.36. The van der Waals surface area contributed by atoms with Crippen molar-refractivity contribution in [3.05, 3.63) is 35.4 Å². The van der Waals surface area contributed by atoms with E-state index in [-0.39, 0.29) is 0 Å². The van der Waals surface area contributed by atoms with Crippen molar-refractivity contribution in [1.29, 1.82) is 0 Å². The van der Waals surface area contributed by atoms with Crippen LogP contribution in [0.2, 0.25) is 0 Å². The fraction of sp³-hybridized carbons (Fsp3) is 0.611. The summed E-state index contributed by atoms with van der Waals surface area (Å²) < 4.78 is 1.01. The normalized spacial score (nSPS) is 12.3. The van der Waals surface area contributed by atoms with Crippen LogP contribution in [0.15, 0.2) is 29.3 Å². The molecule has 0 spiro atoms. The van der Waals surface area contributed by atoms with Gasteiger partial charge in [-0.1, -0.05) is 38.1 Å². The number of nitrogens with one attached hydrogen (secondary N) is 1. The van der Waals surface area contributed by atoms with Crippen LogP contribution in [-0.2, 0) is 6.54 Å². The topological polar surface area (TPSA) is 24.4 Å². The Morgan fingerprint density at radius 3 is 2.43 bits per heavy atom. The standard InChI is InChI=1S/C18H32N3/c1-6-19-15-20-12-7-13-21(4,5)14-17-8-10-18(11-9-17)16(2)3/h8-11,15-16H,6-7,12-14H2,1-5H3,(H,19,20)/q+1. The van der Waals surface area contributed by atoms with Crippen molar-refractivity contribution in [1.82, 2.24) is 5.32 Å². The summed E-state index contributed by atoms with van der Waals surface area (Å²) in [6.45, 7) is 10.6. The van der Waals surface area contributed by atoms with Gasteiger partial charge in [-0.2, -0.15) is 0 Å². The second-order valence-electron chi connectivity index (χ2n) is 6.66. The molecule has 0 heterocycles. The molecule has 1 aromatic rings. The summed E-state index contributed by atoms with van der Waals surface area (Å²) in [6, 6.07) is 9.08. The monoisotopic (exact) mass is 290 g/mol. The zero-order valence-corrected chi connectivity index (χ0v) is 14.4. The van der Waals surface area contributed by atoms with Gasteiger partial charge in [0.1, 0.15) is 6.54 Å². The van der Waals surface area contributed by atoms with Crippen molar-refractivity contribution in [2.24, 2.45) is 4.99 Å². The summed E-state index contributed by atoms with van der Waals surface area (Å²) in [7, 11) is 4.59. The Balaban J connectivity index is 2.40. The first-order chi connectivity index (χ1) is 9.94. The lowest BCUT2D eigenvalue weighted by atomic mass is 10.0. The first-order valence-corrected chi connectivity index (χ1v) is 8.07. The van der Waals surface area contributed by atoms with Crippen LogP contribution in [-0.4, -0.2) is 44.6 Å². The fourth-order valence-corrected chi connectivity index (χ4v) is 2.39. The van der Waals surface area contributed by atoms with Crippen molar-refractivity contribution in [3.8, 4) is 0 Å². The van der Waals surface area contributed by atoms with Gasteiger partial charge >= 0.3 is 0 Å². The summed E-state index contributed by atoms with van der Waals surface area (Å²) in [5.41, 5.74) is 2.84. The molecular weight excluding hydrogens is 258 g/mol. The van der Waals surface area contributed by atoms with E-state index in [2.05, 4.69) is 69.4 Å². The molecule has 1 aromatic carbocycles. The van der Waals surface area contributed by atoms with E-state index in [1.807, 2.05) is 6.34 Å². The second kappa shape index (κ2) is 8.83. The molecule has 0 aromatic heterocycles. The number of quaternary nitrogens is 1. The van der Waals surface area contributed by atoms with E-state index < -0.39 is 0 Å². The molecule has 0 amide bonds. The predicted octanol–water partition coefficient (Wildman–Crippen LogP) is 3.41. The molecule has 3 heteroatoms. The SMILES string of the molecule is CCNC=NCCC[N+](C)(C)Cc1ccc(C(C)C)cc1. The van der Waals surface area contributed by atoms with Gasteiger partial charge in [0.2, 0.25) is 0 Å². The Morgan fingerprint density at radius 1 is 1.19 bits per heavy atom. The molecule has 1 N–H and O–H groups in total. The van der Waals surface area contributed by atoms with Crippen molar-refractivity contribution in [2.75, 3.05) is 33.7 Å². The van der Waals surface area contributed by atoms with E-state index in [4.69, 9.17) is 0 Å². The highest BCUT2D eigenvalue weighted by Crippen LogP contribution is 2.17. The Bertz CT molecular complexity index is 419. The Hall–Kier alpha value is -1.35. The molecule has 118 valence electrons. The molecule has 0 unspecified atom stereocenters. The Kier molecular flexibility index (Phi) is 7.44. The average molecular weight is 290 g/mol. The van der Waals surface area contributed by atoms with Gasteiger partial charge in [-0.05, 0) is 18.4 Å². The number of rotatable bonds is 9. The van der Waals surface area contributed by atoms with E-state index in [0.717, 1.165) is 37.1 Å². The van der Waals surface area contributed by atoms with Crippen LogP contribution in [0.5, 0.6) is 0 Å². The number of benzene rings is 1. The largest absolute Gasteiger partial charge is 0.377 e. The molecular formula is C18H32N3+. The Labute approximate surface area is 130 Å². The van der Waals surface area contributed by atoms with Gasteiger partial charge in [-0.15, -0.1) is 0 Å². The van der Waals surface area contributed by atoms with Crippen molar-refractivity contribution in [3.63, 3.8) is 0 Å². The molecule has 0 saturated heterocycles. The Morgan fingerprint density at radius 2 is 1.86 bits per heavy atom. The molecule has 0 aliphatic rings. The maximum atomic E-state index is 4.36. The van der Waals surface area contributed by atoms with E-state index in [1.54, 1.807) is 0 Å². The number of nitrogens with zero attached hydrogens (tertiary/aromatic N) is 2. The van der Waals surface area contributed by atoms with Crippen LogP contribution in [0.1, 0.15) is 44.2 Å². The lowest BCUT2D eigenvalue weighted by Crippen LogP contribution is -2.39. The number of hydrogen-bond donors (Lipinski definition) is 1. The highest BCUT2D eigenvalue weighted by molar-refractivity contribution is 5.53. The minimum Gasteiger partial charge on any atom is -0.377 e. The average Bonchev–Trinajstić information content (AvgIpc) is 2.43. The fourth-order valence-electron chi connectivity index (χ4n) is 2.39. The smallest absolute Gasteiger partial charge is 0.104 e. The van der Waals surface area contributed by atoms with E-state index in [0.29, 0.717) is 5.92 Å². The van der Waals surface area contributed by atoms with Gasteiger partial charge in [-0.3, -0.25) is 4.99 Å². The van der Waals surface area contributed by atoms with Crippen LogP contribution in [0, 0.1) is 0 Å². The highest BCUT2D eigenvalue weighted by Gasteiger charge is 2.15. The second-order valence-corrected chi connectivity index (χ2v) is 6.66. The molecule has 3 nitrogen and oxygen atoms in total. The lowest BCUT2D eigenvalue weighted by molar-refractivity contribution is -0.903. The minimum absolute atomic E-state index is 0.608. The van der Waals surface area contributed by atoms with Gasteiger partial charge < -0.3 is 9.80 Å². The van der Waals surface area contributed by atoms with Crippen LogP contribution in [0.3, 0.4) is 0 Å². The van der Waals surface area contributed by atoms with E-state index in [1.165, 1.54) is 11.1 Å². The molecule has 21 heavy (non-hydrogen) atoms. The maximum Gasteiger partial charge on any atom is 0.104 e. The molecule has 0 bridgehead atoms. The van der Waals surface area contributed by atoms with Crippen LogP contribution < -0.4 is 5.32 Å². The molecule has 0 radical (unpaired) electrons. The molecule has 0 atom stereocenters. The first kappa shape index (κ1) is 17.7. The van der Waals surface area contributed by atoms with Crippen LogP contribution in [0.25, 0.3) is 0 Å². The predicted molar refractivity (Wildman–Crippen MR) is 92.9 cm³/mol. The zero-order chi connectivity index (χ0) is 15.7. The van der Waals surface area contributed by atoms with Gasteiger partial charge in [0.15, 0.2) is 0 Å². The number of aliphatic imine (C=N–C) groups is 1. The quantitative estimate of drug-likeness (QED) is 0.320. The molecule has 0 aliphatic carbocycles. The zero-order valence-electron chi connectivity index (χ0n) is 14.4. The van der Waals surface area contributed by atoms with E-state index >= 15 is 0 Å². The molecule has 0 fully saturated rings. The third-order valence-electron chi connectivity index (χ3n) is 3.69. The third kappa shape index (κ3) is 7.28. The summed E-state index contributed by atoms with van der Waals surface area (Å²) in [4.78, 5) is 4.36.